The van der Waals surface area contributed by atoms with Gasteiger partial charge in [0.2, 0.25) is 0 Å². The Hall–Kier alpha value is -3.12. The first-order valence-corrected chi connectivity index (χ1v) is 8.67. The summed E-state index contributed by atoms with van der Waals surface area (Å²) in [6, 6.07) is 14.6. The number of hydrogen-bond acceptors (Lipinski definition) is 4. The van der Waals surface area contributed by atoms with E-state index in [-0.39, 0.29) is 19.1 Å². The summed E-state index contributed by atoms with van der Waals surface area (Å²) in [6.07, 6.45) is 3.03. The third-order valence-corrected chi connectivity index (χ3v) is 4.27. The van der Waals surface area contributed by atoms with Crippen molar-refractivity contribution in [1.29, 1.82) is 0 Å². The van der Waals surface area contributed by atoms with Gasteiger partial charge < -0.3 is 14.6 Å². The molecule has 0 amide bonds. The van der Waals surface area contributed by atoms with Crippen molar-refractivity contribution in [1.82, 2.24) is 4.57 Å². The molecular formula is C21H21NO5. The lowest BCUT2D eigenvalue weighted by Crippen LogP contribution is -2.11. The molecule has 3 aromatic rings. The summed E-state index contributed by atoms with van der Waals surface area (Å²) >= 11 is 0. The van der Waals surface area contributed by atoms with Crippen LogP contribution in [0.4, 0.5) is 0 Å². The van der Waals surface area contributed by atoms with Crippen LogP contribution in [0.1, 0.15) is 28.8 Å². The van der Waals surface area contributed by atoms with Crippen molar-refractivity contribution in [3.05, 3.63) is 65.9 Å². The molecule has 0 unspecified atom stereocenters. The van der Waals surface area contributed by atoms with E-state index in [0.717, 1.165) is 16.5 Å². The standard InChI is InChI=1S/C21H21NO5/c1-26-14-27-17-8-4-6-15(12-17)21(25)22-13-16(7-5-11-20(23)24)18-9-2-3-10-19(18)22/h2-4,6,8-10,12-13H,5,7,11,14H2,1H3,(H,23,24). The number of carboxylic acid groups (broad SMARTS) is 1. The summed E-state index contributed by atoms with van der Waals surface area (Å²) in [4.78, 5) is 23.8. The Morgan fingerprint density at radius 3 is 2.70 bits per heavy atom. The second-order valence-electron chi connectivity index (χ2n) is 6.17. The Labute approximate surface area is 156 Å². The predicted molar refractivity (Wildman–Crippen MR) is 101 cm³/mol. The lowest BCUT2D eigenvalue weighted by molar-refractivity contribution is -0.137. The smallest absolute Gasteiger partial charge is 0.303 e. The van der Waals surface area contributed by atoms with Crippen molar-refractivity contribution >= 4 is 22.8 Å². The number of aromatic nitrogens is 1. The molecule has 0 saturated carbocycles. The molecule has 0 bridgehead atoms. The maximum atomic E-state index is 13.1. The number of carbonyl (C=O) groups is 2. The van der Waals surface area contributed by atoms with Crippen LogP contribution in [0.5, 0.6) is 5.75 Å². The van der Waals surface area contributed by atoms with E-state index in [1.807, 2.05) is 24.3 Å². The van der Waals surface area contributed by atoms with Gasteiger partial charge in [-0.3, -0.25) is 14.2 Å². The Morgan fingerprint density at radius 2 is 1.93 bits per heavy atom. The topological polar surface area (TPSA) is 77.8 Å². The minimum absolute atomic E-state index is 0.104. The monoisotopic (exact) mass is 367 g/mol. The van der Waals surface area contributed by atoms with Gasteiger partial charge in [-0.15, -0.1) is 0 Å². The van der Waals surface area contributed by atoms with Crippen molar-refractivity contribution in [2.75, 3.05) is 13.9 Å². The van der Waals surface area contributed by atoms with Crippen LogP contribution in [-0.4, -0.2) is 35.5 Å². The van der Waals surface area contributed by atoms with Crippen LogP contribution in [0.3, 0.4) is 0 Å². The van der Waals surface area contributed by atoms with Gasteiger partial charge in [-0.2, -0.15) is 0 Å². The molecule has 0 spiro atoms. The van der Waals surface area contributed by atoms with E-state index in [2.05, 4.69) is 0 Å². The van der Waals surface area contributed by atoms with E-state index < -0.39 is 5.97 Å². The molecular weight excluding hydrogens is 346 g/mol. The van der Waals surface area contributed by atoms with Crippen LogP contribution >= 0.6 is 0 Å². The molecule has 27 heavy (non-hydrogen) atoms. The third-order valence-electron chi connectivity index (χ3n) is 4.27. The van der Waals surface area contributed by atoms with E-state index in [9.17, 15) is 9.59 Å². The minimum atomic E-state index is -0.817. The van der Waals surface area contributed by atoms with Crippen LogP contribution in [0, 0.1) is 0 Å². The number of carboxylic acids is 1. The normalized spacial score (nSPS) is 10.9. The molecule has 6 nitrogen and oxygen atoms in total. The van der Waals surface area contributed by atoms with E-state index >= 15 is 0 Å². The molecule has 0 aliphatic heterocycles. The summed E-state index contributed by atoms with van der Waals surface area (Å²) in [6.45, 7) is 0.109. The Kier molecular flexibility index (Phi) is 5.88. The number of aryl methyl sites for hydroxylation is 1. The van der Waals surface area contributed by atoms with Crippen LogP contribution in [-0.2, 0) is 16.0 Å². The van der Waals surface area contributed by atoms with Crippen molar-refractivity contribution in [3.8, 4) is 5.75 Å². The first-order chi connectivity index (χ1) is 13.1. The summed E-state index contributed by atoms with van der Waals surface area (Å²) in [7, 11) is 1.53. The van der Waals surface area contributed by atoms with Gasteiger partial charge in [-0.1, -0.05) is 24.3 Å². The predicted octanol–water partition coefficient (Wildman–Crippen LogP) is 3.72. The second-order valence-corrected chi connectivity index (χ2v) is 6.17. The van der Waals surface area contributed by atoms with Crippen molar-refractivity contribution in [2.45, 2.75) is 19.3 Å². The Morgan fingerprint density at radius 1 is 1.11 bits per heavy atom. The number of benzene rings is 2. The van der Waals surface area contributed by atoms with Gasteiger partial charge in [0.25, 0.3) is 5.91 Å². The fraction of sp³-hybridized carbons (Fsp3) is 0.238. The molecule has 1 heterocycles. The number of nitrogens with zero attached hydrogens (tertiary/aromatic N) is 1. The van der Waals surface area contributed by atoms with Gasteiger partial charge in [0.15, 0.2) is 6.79 Å². The lowest BCUT2D eigenvalue weighted by atomic mass is 10.1. The zero-order chi connectivity index (χ0) is 19.2. The number of para-hydroxylation sites is 1. The average Bonchev–Trinajstić information content (AvgIpc) is 3.04. The fourth-order valence-corrected chi connectivity index (χ4v) is 3.03. The third kappa shape index (κ3) is 4.35. The average molecular weight is 367 g/mol. The van der Waals surface area contributed by atoms with Gasteiger partial charge in [0.05, 0.1) is 5.52 Å². The highest BCUT2D eigenvalue weighted by atomic mass is 16.7. The van der Waals surface area contributed by atoms with Crippen LogP contribution < -0.4 is 4.74 Å². The molecule has 0 radical (unpaired) electrons. The maximum Gasteiger partial charge on any atom is 0.303 e. The quantitative estimate of drug-likeness (QED) is 0.614. The first kappa shape index (κ1) is 18.7. The number of carbonyl (C=O) groups excluding carboxylic acids is 1. The Balaban J connectivity index is 1.91. The van der Waals surface area contributed by atoms with Gasteiger partial charge in [-0.05, 0) is 42.7 Å². The van der Waals surface area contributed by atoms with Crippen LogP contribution in [0.25, 0.3) is 10.9 Å². The van der Waals surface area contributed by atoms with E-state index in [0.29, 0.717) is 24.2 Å². The van der Waals surface area contributed by atoms with Gasteiger partial charge >= 0.3 is 5.97 Å². The summed E-state index contributed by atoms with van der Waals surface area (Å²) in [5.41, 5.74) is 2.27. The molecule has 0 fully saturated rings. The summed E-state index contributed by atoms with van der Waals surface area (Å²) in [5.74, 6) is -0.429. The van der Waals surface area contributed by atoms with Crippen molar-refractivity contribution in [2.24, 2.45) is 0 Å². The second kappa shape index (κ2) is 8.51. The molecule has 2 aromatic carbocycles. The molecule has 0 atom stereocenters. The highest BCUT2D eigenvalue weighted by Crippen LogP contribution is 2.25. The van der Waals surface area contributed by atoms with Crippen LogP contribution in [0.15, 0.2) is 54.7 Å². The Bertz CT molecular complexity index is 960. The maximum absolute atomic E-state index is 13.1. The molecule has 140 valence electrons. The number of methoxy groups -OCH3 is 1. The summed E-state index contributed by atoms with van der Waals surface area (Å²) < 4.78 is 11.9. The van der Waals surface area contributed by atoms with E-state index in [1.54, 1.807) is 35.0 Å². The number of aliphatic carboxylic acids is 1. The van der Waals surface area contributed by atoms with Crippen LogP contribution in [0.2, 0.25) is 0 Å². The number of rotatable bonds is 8. The minimum Gasteiger partial charge on any atom is -0.481 e. The molecule has 0 saturated heterocycles. The zero-order valence-corrected chi connectivity index (χ0v) is 15.1. The van der Waals surface area contributed by atoms with E-state index in [4.69, 9.17) is 14.6 Å². The highest BCUT2D eigenvalue weighted by molar-refractivity contribution is 6.03. The molecule has 3 rings (SSSR count). The van der Waals surface area contributed by atoms with Crippen molar-refractivity contribution in [3.63, 3.8) is 0 Å². The summed E-state index contributed by atoms with van der Waals surface area (Å²) in [5, 5.41) is 9.82. The van der Waals surface area contributed by atoms with E-state index in [1.165, 1.54) is 7.11 Å². The van der Waals surface area contributed by atoms with Gasteiger partial charge in [-0.25, -0.2) is 0 Å². The molecule has 1 aromatic heterocycles. The fourth-order valence-electron chi connectivity index (χ4n) is 3.03. The molecule has 1 N–H and O–H groups in total. The van der Waals surface area contributed by atoms with Gasteiger partial charge in [0.1, 0.15) is 5.75 Å². The first-order valence-electron chi connectivity index (χ1n) is 8.67. The van der Waals surface area contributed by atoms with Crippen molar-refractivity contribution < 1.29 is 24.2 Å². The molecule has 6 heteroatoms. The SMILES string of the molecule is COCOc1cccc(C(=O)n2cc(CCCC(=O)O)c3ccccc32)c1. The lowest BCUT2D eigenvalue weighted by Gasteiger charge is -2.08. The molecule has 0 aliphatic carbocycles. The number of ether oxygens (including phenoxy) is 2. The molecule has 0 aliphatic rings. The number of fused-ring (bicyclic) bond motifs is 1. The number of hydrogen-bond donors (Lipinski definition) is 1. The van der Waals surface area contributed by atoms with Gasteiger partial charge in [0, 0.05) is 30.7 Å². The highest BCUT2D eigenvalue weighted by Gasteiger charge is 2.16. The zero-order valence-electron chi connectivity index (χ0n) is 15.1. The largest absolute Gasteiger partial charge is 0.481 e.